The predicted molar refractivity (Wildman–Crippen MR) is 45.7 cm³/mol. The van der Waals surface area contributed by atoms with Gasteiger partial charge in [0, 0.05) is 11.8 Å². The Hall–Kier alpha value is -1.90. The van der Waals surface area contributed by atoms with Crippen molar-refractivity contribution in [3.8, 4) is 6.07 Å². The van der Waals surface area contributed by atoms with Crippen molar-refractivity contribution in [3.63, 3.8) is 0 Å². The molecule has 1 aromatic heterocycles. The van der Waals surface area contributed by atoms with Crippen LogP contribution < -0.4 is 11.3 Å². The van der Waals surface area contributed by atoms with Gasteiger partial charge in [-0.25, -0.2) is 8.78 Å². The van der Waals surface area contributed by atoms with Gasteiger partial charge in [-0.15, -0.1) is 0 Å². The molecule has 0 atom stereocenters. The van der Waals surface area contributed by atoms with Crippen LogP contribution in [0.15, 0.2) is 11.0 Å². The molecule has 1 aromatic rings. The second-order valence-electron chi connectivity index (χ2n) is 2.61. The molecule has 0 spiro atoms. The van der Waals surface area contributed by atoms with Crippen LogP contribution >= 0.6 is 0 Å². The molecular formula is C8H7F2N3O. The fourth-order valence-corrected chi connectivity index (χ4v) is 1.05. The average molecular weight is 199 g/mol. The summed E-state index contributed by atoms with van der Waals surface area (Å²) in [6, 6.07) is 1.76. The molecular weight excluding hydrogens is 192 g/mol. The van der Waals surface area contributed by atoms with E-state index in [0.717, 1.165) is 0 Å². The van der Waals surface area contributed by atoms with Gasteiger partial charge in [0.25, 0.3) is 12.0 Å². The molecule has 1 rings (SSSR count). The molecule has 0 aliphatic carbocycles. The topological polar surface area (TPSA) is 82.7 Å². The van der Waals surface area contributed by atoms with Crippen LogP contribution in [-0.2, 0) is 6.42 Å². The molecule has 0 aromatic carbocycles. The zero-order chi connectivity index (χ0) is 10.7. The number of nitrogens with two attached hydrogens (primary N) is 1. The zero-order valence-corrected chi connectivity index (χ0v) is 7.05. The minimum Gasteiger partial charge on any atom is -0.398 e. The molecule has 3 N–H and O–H groups in total. The number of anilines is 1. The number of nitrogen functional groups attached to an aromatic ring is 1. The fourth-order valence-electron chi connectivity index (χ4n) is 1.05. The van der Waals surface area contributed by atoms with Gasteiger partial charge in [-0.2, -0.15) is 5.26 Å². The summed E-state index contributed by atoms with van der Waals surface area (Å²) in [5, 5.41) is 8.36. The molecule has 6 heteroatoms. The number of hydrogen-bond acceptors (Lipinski definition) is 3. The molecule has 0 aliphatic heterocycles. The van der Waals surface area contributed by atoms with Crippen LogP contribution in [0, 0.1) is 11.3 Å². The number of aromatic nitrogens is 1. The minimum atomic E-state index is -2.93. The van der Waals surface area contributed by atoms with Crippen molar-refractivity contribution in [2.45, 2.75) is 12.8 Å². The first-order valence-corrected chi connectivity index (χ1v) is 3.73. The van der Waals surface area contributed by atoms with E-state index in [9.17, 15) is 13.6 Å². The van der Waals surface area contributed by atoms with E-state index in [1.54, 1.807) is 6.07 Å². The van der Waals surface area contributed by atoms with Crippen molar-refractivity contribution < 1.29 is 8.78 Å². The molecule has 0 unspecified atom stereocenters. The number of nitrogens with zero attached hydrogens (tertiary/aromatic N) is 1. The van der Waals surface area contributed by atoms with Gasteiger partial charge in [0.05, 0.1) is 18.2 Å². The van der Waals surface area contributed by atoms with E-state index in [0.29, 0.717) is 0 Å². The van der Waals surface area contributed by atoms with E-state index in [-0.39, 0.29) is 17.7 Å². The summed E-state index contributed by atoms with van der Waals surface area (Å²) in [5.41, 5.74) is 3.55. The van der Waals surface area contributed by atoms with E-state index in [1.165, 1.54) is 6.20 Å². The number of pyridine rings is 1. The van der Waals surface area contributed by atoms with Gasteiger partial charge >= 0.3 is 0 Å². The molecule has 0 amide bonds. The van der Waals surface area contributed by atoms with E-state index < -0.39 is 17.5 Å². The highest BCUT2D eigenvalue weighted by atomic mass is 19.3. The normalized spacial score (nSPS) is 10.1. The highest BCUT2D eigenvalue weighted by molar-refractivity contribution is 5.53. The summed E-state index contributed by atoms with van der Waals surface area (Å²) < 4.78 is 24.7. The lowest BCUT2D eigenvalue weighted by atomic mass is 10.1. The van der Waals surface area contributed by atoms with Gasteiger partial charge in [-0.1, -0.05) is 0 Å². The monoisotopic (exact) mass is 199 g/mol. The largest absolute Gasteiger partial charge is 0.398 e. The quantitative estimate of drug-likeness (QED) is 0.744. The van der Waals surface area contributed by atoms with Crippen LogP contribution in [0.25, 0.3) is 0 Å². The number of hydrogen-bond donors (Lipinski definition) is 2. The molecule has 0 saturated heterocycles. The first-order valence-electron chi connectivity index (χ1n) is 3.73. The van der Waals surface area contributed by atoms with Crippen LogP contribution in [-0.4, -0.2) is 4.98 Å². The fraction of sp³-hybridized carbons (Fsp3) is 0.250. The maximum absolute atomic E-state index is 12.3. The molecule has 0 saturated carbocycles. The third-order valence-corrected chi connectivity index (χ3v) is 1.75. The number of H-pyrrole nitrogens is 1. The van der Waals surface area contributed by atoms with Crippen LogP contribution in [0.2, 0.25) is 0 Å². The highest BCUT2D eigenvalue weighted by Gasteiger charge is 2.18. The van der Waals surface area contributed by atoms with E-state index in [4.69, 9.17) is 11.0 Å². The molecule has 74 valence electrons. The summed E-state index contributed by atoms with van der Waals surface area (Å²) in [6.07, 6.45) is -1.87. The van der Waals surface area contributed by atoms with Crippen molar-refractivity contribution in [3.05, 3.63) is 27.7 Å². The lowest BCUT2D eigenvalue weighted by Crippen LogP contribution is -2.17. The summed E-state index contributed by atoms with van der Waals surface area (Å²) in [5.74, 6) is 0. The van der Waals surface area contributed by atoms with Crippen molar-refractivity contribution in [2.75, 3.05) is 5.73 Å². The van der Waals surface area contributed by atoms with Gasteiger partial charge in [-0.05, 0) is 0 Å². The molecule has 4 nitrogen and oxygen atoms in total. The van der Waals surface area contributed by atoms with Gasteiger partial charge in [0.15, 0.2) is 0 Å². The van der Waals surface area contributed by atoms with Crippen LogP contribution in [0.4, 0.5) is 14.5 Å². The maximum Gasteiger partial charge on any atom is 0.271 e. The van der Waals surface area contributed by atoms with Crippen molar-refractivity contribution >= 4 is 5.69 Å². The van der Waals surface area contributed by atoms with Crippen molar-refractivity contribution in [2.24, 2.45) is 0 Å². The van der Waals surface area contributed by atoms with Crippen molar-refractivity contribution in [1.29, 1.82) is 5.26 Å². The van der Waals surface area contributed by atoms with Crippen LogP contribution in [0.5, 0.6) is 0 Å². The maximum atomic E-state index is 12.3. The first-order chi connectivity index (χ1) is 6.57. The number of nitriles is 1. The Bertz CT molecular complexity index is 433. The molecule has 0 fully saturated rings. The molecule has 1 heterocycles. The van der Waals surface area contributed by atoms with Gasteiger partial charge in [0.2, 0.25) is 0 Å². The standard InChI is InChI=1S/C8H7F2N3O/c9-7(10)5-6(12)4(1-2-11)3-13-8(5)14/h3,7H,1H2,(H3,12,13,14). The van der Waals surface area contributed by atoms with E-state index >= 15 is 0 Å². The zero-order valence-electron chi connectivity index (χ0n) is 7.05. The number of halogens is 2. The predicted octanol–water partition coefficient (Wildman–Crippen LogP) is 0.961. The third kappa shape index (κ3) is 1.71. The number of rotatable bonds is 2. The number of aromatic amines is 1. The van der Waals surface area contributed by atoms with Crippen molar-refractivity contribution in [1.82, 2.24) is 4.98 Å². The SMILES string of the molecule is N#CCc1c[nH]c(=O)c(C(F)F)c1N. The number of nitrogens with one attached hydrogen (secondary N) is 1. The Morgan fingerprint density at radius 3 is 2.79 bits per heavy atom. The second-order valence-corrected chi connectivity index (χ2v) is 2.61. The van der Waals surface area contributed by atoms with Gasteiger partial charge in [0.1, 0.15) is 5.56 Å². The summed E-state index contributed by atoms with van der Waals surface area (Å²) in [6.45, 7) is 0. The lowest BCUT2D eigenvalue weighted by molar-refractivity contribution is 0.150. The summed E-state index contributed by atoms with van der Waals surface area (Å²) >= 11 is 0. The smallest absolute Gasteiger partial charge is 0.271 e. The highest BCUT2D eigenvalue weighted by Crippen LogP contribution is 2.23. The van der Waals surface area contributed by atoms with Gasteiger partial charge < -0.3 is 10.7 Å². The lowest BCUT2D eigenvalue weighted by Gasteiger charge is -2.06. The minimum absolute atomic E-state index is 0.109. The Morgan fingerprint density at radius 1 is 1.64 bits per heavy atom. The molecule has 0 aliphatic rings. The first kappa shape index (κ1) is 10.2. The number of alkyl halides is 2. The Labute approximate surface area is 78.0 Å². The third-order valence-electron chi connectivity index (χ3n) is 1.75. The van der Waals surface area contributed by atoms with Gasteiger partial charge in [-0.3, -0.25) is 4.79 Å². The molecule has 0 radical (unpaired) electrons. The van der Waals surface area contributed by atoms with E-state index in [1.807, 2.05) is 0 Å². The second kappa shape index (κ2) is 3.87. The Balaban J connectivity index is 3.35. The van der Waals surface area contributed by atoms with Crippen LogP contribution in [0.1, 0.15) is 17.6 Å². The average Bonchev–Trinajstić information content (AvgIpc) is 2.10. The summed E-state index contributed by atoms with van der Waals surface area (Å²) in [4.78, 5) is 13.0. The molecule has 0 bridgehead atoms. The van der Waals surface area contributed by atoms with E-state index in [2.05, 4.69) is 4.98 Å². The summed E-state index contributed by atoms with van der Waals surface area (Å²) in [7, 11) is 0. The molecule has 14 heavy (non-hydrogen) atoms. The van der Waals surface area contributed by atoms with Crippen LogP contribution in [0.3, 0.4) is 0 Å². The Morgan fingerprint density at radius 2 is 2.29 bits per heavy atom. The Kier molecular flexibility index (Phi) is 2.82.